The van der Waals surface area contributed by atoms with Crippen LogP contribution in [0.25, 0.3) is 0 Å². The molecule has 0 bridgehead atoms. The third-order valence-electron chi connectivity index (χ3n) is 17.3. The van der Waals surface area contributed by atoms with Gasteiger partial charge >= 0.3 is 5.97 Å². The second-order valence-electron chi connectivity index (χ2n) is 20.4. The highest BCUT2D eigenvalue weighted by Gasteiger charge is 2.51. The fourth-order valence-electron chi connectivity index (χ4n) is 13.9. The van der Waals surface area contributed by atoms with E-state index in [1.807, 2.05) is 0 Å². The van der Waals surface area contributed by atoms with Crippen molar-refractivity contribution >= 4 is 5.97 Å². The van der Waals surface area contributed by atoms with Gasteiger partial charge in [0.15, 0.2) is 0 Å². The van der Waals surface area contributed by atoms with Crippen molar-refractivity contribution in [2.45, 2.75) is 251 Å². The van der Waals surface area contributed by atoms with Gasteiger partial charge in [-0.1, -0.05) is 136 Å². The van der Waals surface area contributed by atoms with Crippen LogP contribution < -0.4 is 0 Å². The maximum atomic E-state index is 17.6. The number of rotatable bonds is 20. The quantitative estimate of drug-likeness (QED) is 0.135. The Hall–Kier alpha value is -0.670. The Morgan fingerprint density at radius 3 is 1.45 bits per heavy atom. The van der Waals surface area contributed by atoms with Crippen LogP contribution >= 0.6 is 0 Å². The number of carboxylic acids is 1. The average molecular weight is 745 g/mol. The summed E-state index contributed by atoms with van der Waals surface area (Å²) in [6, 6.07) is 0. The van der Waals surface area contributed by atoms with Crippen molar-refractivity contribution in [3.05, 3.63) is 0 Å². The van der Waals surface area contributed by atoms with E-state index in [4.69, 9.17) is 0 Å². The van der Waals surface area contributed by atoms with Crippen molar-refractivity contribution < 1.29 is 18.7 Å². The van der Waals surface area contributed by atoms with Crippen LogP contribution in [0, 0.1) is 51.8 Å². The second kappa shape index (κ2) is 21.2. The highest BCUT2D eigenvalue weighted by atomic mass is 19.1. The molecule has 0 aromatic rings. The molecular weight excluding hydrogens is 659 g/mol. The molecule has 5 rings (SSSR count). The Kier molecular flexibility index (Phi) is 17.4. The molecule has 5 saturated carbocycles. The third-order valence-corrected chi connectivity index (χ3v) is 17.3. The number of halogens is 2. The molecule has 0 aromatic carbocycles. The topological polar surface area (TPSA) is 37.3 Å². The summed E-state index contributed by atoms with van der Waals surface area (Å²) < 4.78 is 35.0. The Morgan fingerprint density at radius 1 is 0.566 bits per heavy atom. The number of hydrogen-bond acceptors (Lipinski definition) is 1. The van der Waals surface area contributed by atoms with E-state index in [1.165, 1.54) is 109 Å². The van der Waals surface area contributed by atoms with Crippen molar-refractivity contribution in [2.24, 2.45) is 51.8 Å². The Bertz CT molecular complexity index is 1020. The maximum absolute atomic E-state index is 17.6. The molecule has 4 heteroatoms. The van der Waals surface area contributed by atoms with Crippen molar-refractivity contribution in [3.63, 3.8) is 0 Å². The fourth-order valence-corrected chi connectivity index (χ4v) is 13.9. The predicted octanol–water partition coefficient (Wildman–Crippen LogP) is 15.8. The Morgan fingerprint density at radius 2 is 1.02 bits per heavy atom. The number of carboxylic acid groups (broad SMARTS) is 1. The number of alkyl halides is 2. The largest absolute Gasteiger partial charge is 0.481 e. The lowest BCUT2D eigenvalue weighted by atomic mass is 9.56. The van der Waals surface area contributed by atoms with Gasteiger partial charge in [-0.3, -0.25) is 4.79 Å². The molecule has 53 heavy (non-hydrogen) atoms. The van der Waals surface area contributed by atoms with E-state index in [0.717, 1.165) is 95.3 Å². The first-order valence-corrected chi connectivity index (χ1v) is 24.2. The van der Waals surface area contributed by atoms with Gasteiger partial charge in [-0.05, 0) is 138 Å². The lowest BCUT2D eigenvalue weighted by Crippen LogP contribution is -2.45. The summed E-state index contributed by atoms with van der Waals surface area (Å²) in [6.45, 7) is 6.82. The molecule has 1 N–H and O–H groups in total. The summed E-state index contributed by atoms with van der Waals surface area (Å²) in [5.74, 6) is 2.50. The summed E-state index contributed by atoms with van der Waals surface area (Å²) in [5, 5.41) is 10.9. The molecule has 0 radical (unpaired) electrons. The van der Waals surface area contributed by atoms with Crippen molar-refractivity contribution in [1.82, 2.24) is 0 Å². The van der Waals surface area contributed by atoms with Gasteiger partial charge in [-0.25, -0.2) is 8.78 Å². The first-order chi connectivity index (χ1) is 25.7. The van der Waals surface area contributed by atoms with Gasteiger partial charge in [-0.15, -0.1) is 0 Å². The monoisotopic (exact) mass is 745 g/mol. The molecule has 0 aromatic heterocycles. The molecule has 5 aliphatic carbocycles. The molecule has 3 unspecified atom stereocenters. The van der Waals surface area contributed by atoms with E-state index in [0.29, 0.717) is 43.4 Å². The smallest absolute Gasteiger partial charge is 0.309 e. The van der Waals surface area contributed by atoms with Crippen LogP contribution in [0.2, 0.25) is 0 Å². The third kappa shape index (κ3) is 11.0. The van der Waals surface area contributed by atoms with E-state index in [1.54, 1.807) is 0 Å². The van der Waals surface area contributed by atoms with Crippen LogP contribution in [0.3, 0.4) is 0 Å². The molecule has 0 aliphatic heterocycles. The second-order valence-corrected chi connectivity index (χ2v) is 20.4. The van der Waals surface area contributed by atoms with Gasteiger partial charge in [0.1, 0.15) is 12.3 Å². The summed E-state index contributed by atoms with van der Waals surface area (Å²) in [7, 11) is 0. The molecule has 0 spiro atoms. The minimum Gasteiger partial charge on any atom is -0.481 e. The summed E-state index contributed by atoms with van der Waals surface area (Å²) in [6.07, 6.45) is 34.9. The van der Waals surface area contributed by atoms with Gasteiger partial charge in [0, 0.05) is 10.8 Å². The highest BCUT2D eigenvalue weighted by molar-refractivity contribution is 5.74. The van der Waals surface area contributed by atoms with Crippen LogP contribution in [0.15, 0.2) is 0 Å². The van der Waals surface area contributed by atoms with Crippen molar-refractivity contribution in [2.75, 3.05) is 0 Å². The standard InChI is InChI=1S/C49H86F2O2/c1-4-7-16-39-18-23-42(24-19-39)48(30-11-9-12-31-48)44(50)27-22-41(37-47(46(52)53)34-28-38(15-6-3)29-35-47)36-45(51)49(32-13-10-14-33-49)43-25-20-40(21-26-43)17-8-5-2/h38-45H,4-37H2,1-3H3,(H,52,53). The fraction of sp³-hybridized carbons (Fsp3) is 0.980. The molecule has 2 nitrogen and oxygen atoms in total. The molecule has 0 amide bonds. The summed E-state index contributed by atoms with van der Waals surface area (Å²) in [4.78, 5) is 13.2. The van der Waals surface area contributed by atoms with Crippen LogP contribution in [0.4, 0.5) is 8.78 Å². The maximum Gasteiger partial charge on any atom is 0.309 e. The minimum absolute atomic E-state index is 0.0489. The number of unbranched alkanes of at least 4 members (excludes halogenated alkanes) is 2. The summed E-state index contributed by atoms with van der Waals surface area (Å²) in [5.41, 5.74) is -1.23. The SMILES string of the molecule is CCCCC1CCC(C2(C(F)CCC(CC(F)C3(C4CCC(CCCC)CC4)CCCCC3)CC3(C(=O)O)CCC(CCC)CC3)CCCCC2)CC1. The van der Waals surface area contributed by atoms with E-state index in [2.05, 4.69) is 20.8 Å². The Balaban J connectivity index is 1.33. The number of hydrogen-bond donors (Lipinski definition) is 1. The van der Waals surface area contributed by atoms with Gasteiger partial charge in [0.2, 0.25) is 0 Å². The van der Waals surface area contributed by atoms with E-state index in [9.17, 15) is 9.90 Å². The van der Waals surface area contributed by atoms with E-state index >= 15 is 8.78 Å². The Labute approximate surface area is 327 Å². The van der Waals surface area contributed by atoms with E-state index < -0.39 is 23.7 Å². The van der Waals surface area contributed by atoms with E-state index in [-0.39, 0.29) is 16.7 Å². The zero-order valence-corrected chi connectivity index (χ0v) is 35.3. The predicted molar refractivity (Wildman–Crippen MR) is 220 cm³/mol. The molecule has 5 aliphatic rings. The lowest BCUT2D eigenvalue weighted by molar-refractivity contribution is -0.153. The molecule has 0 heterocycles. The molecule has 5 fully saturated rings. The van der Waals surface area contributed by atoms with Crippen LogP contribution in [0.1, 0.15) is 239 Å². The van der Waals surface area contributed by atoms with Gasteiger partial charge < -0.3 is 5.11 Å². The van der Waals surface area contributed by atoms with Crippen molar-refractivity contribution in [3.8, 4) is 0 Å². The van der Waals surface area contributed by atoms with Gasteiger partial charge in [0.05, 0.1) is 5.41 Å². The van der Waals surface area contributed by atoms with Crippen LogP contribution in [-0.2, 0) is 4.79 Å². The normalized spacial score (nSPS) is 33.9. The molecular formula is C49H86F2O2. The first-order valence-electron chi connectivity index (χ1n) is 24.2. The average Bonchev–Trinajstić information content (AvgIpc) is 3.19. The summed E-state index contributed by atoms with van der Waals surface area (Å²) >= 11 is 0. The van der Waals surface area contributed by atoms with Gasteiger partial charge in [-0.2, -0.15) is 0 Å². The molecule has 3 atom stereocenters. The molecule has 0 saturated heterocycles. The first kappa shape index (κ1) is 43.5. The highest BCUT2D eigenvalue weighted by Crippen LogP contribution is 2.57. The zero-order chi connectivity index (χ0) is 37.7. The number of aliphatic carboxylic acids is 1. The zero-order valence-electron chi connectivity index (χ0n) is 35.3. The van der Waals surface area contributed by atoms with Crippen LogP contribution in [-0.4, -0.2) is 23.4 Å². The number of carbonyl (C=O) groups is 1. The van der Waals surface area contributed by atoms with Gasteiger partial charge in [0.25, 0.3) is 0 Å². The minimum atomic E-state index is -0.896. The lowest BCUT2D eigenvalue weighted by Gasteiger charge is -2.50. The van der Waals surface area contributed by atoms with Crippen LogP contribution in [0.5, 0.6) is 0 Å². The van der Waals surface area contributed by atoms with Crippen molar-refractivity contribution in [1.29, 1.82) is 0 Å². The molecule has 308 valence electrons.